The van der Waals surface area contributed by atoms with Crippen molar-refractivity contribution < 1.29 is 0 Å². The Kier molecular flexibility index (Phi) is 5.81. The minimum atomic E-state index is 0.675. The molecule has 0 spiro atoms. The van der Waals surface area contributed by atoms with Crippen molar-refractivity contribution in [2.75, 3.05) is 7.05 Å². The van der Waals surface area contributed by atoms with Crippen LogP contribution in [-0.4, -0.2) is 12.8 Å². The van der Waals surface area contributed by atoms with Crippen LogP contribution in [0.15, 0.2) is 17.1 Å². The third kappa shape index (κ3) is 7.31. The molecule has 0 saturated heterocycles. The largest absolute Gasteiger partial charge is 0.298 e. The molecule has 0 rings (SSSR count). The average Bonchev–Trinajstić information content (AvgIpc) is 1.97. The molecule has 0 unspecified atom stereocenters. The molecular formula is C10H19N. The normalized spacial score (nSPS) is 13.4. The van der Waals surface area contributed by atoms with Crippen molar-refractivity contribution in [1.29, 1.82) is 0 Å². The third-order valence-corrected chi connectivity index (χ3v) is 1.58. The van der Waals surface area contributed by atoms with Crippen molar-refractivity contribution in [3.8, 4) is 0 Å². The van der Waals surface area contributed by atoms with Gasteiger partial charge >= 0.3 is 0 Å². The lowest BCUT2D eigenvalue weighted by Gasteiger charge is -1.95. The van der Waals surface area contributed by atoms with Crippen LogP contribution in [-0.2, 0) is 0 Å². The Balaban J connectivity index is 3.42. The van der Waals surface area contributed by atoms with Gasteiger partial charge in [0.25, 0.3) is 0 Å². The Morgan fingerprint density at radius 2 is 2.09 bits per heavy atom. The van der Waals surface area contributed by atoms with Gasteiger partial charge in [-0.15, -0.1) is 0 Å². The molecule has 64 valence electrons. The molecule has 11 heavy (non-hydrogen) atoms. The molecule has 0 heterocycles. The van der Waals surface area contributed by atoms with Crippen LogP contribution in [0.5, 0.6) is 0 Å². The summed E-state index contributed by atoms with van der Waals surface area (Å²) in [5.41, 5.74) is 1.23. The molecule has 0 aromatic heterocycles. The highest BCUT2D eigenvalue weighted by Crippen LogP contribution is 1.98. The van der Waals surface area contributed by atoms with Gasteiger partial charge in [-0.1, -0.05) is 26.0 Å². The number of allylic oxidation sites excluding steroid dienone is 2. The fourth-order valence-electron chi connectivity index (χ4n) is 0.772. The van der Waals surface area contributed by atoms with Crippen LogP contribution in [0.4, 0.5) is 0 Å². The second-order valence-corrected chi connectivity index (χ2v) is 3.17. The highest BCUT2D eigenvalue weighted by molar-refractivity contribution is 5.81. The van der Waals surface area contributed by atoms with Crippen molar-refractivity contribution in [1.82, 2.24) is 0 Å². The van der Waals surface area contributed by atoms with Gasteiger partial charge in [-0.2, -0.15) is 0 Å². The van der Waals surface area contributed by atoms with Crippen molar-refractivity contribution >= 4 is 5.71 Å². The van der Waals surface area contributed by atoms with E-state index in [1.54, 1.807) is 0 Å². The molecule has 0 atom stereocenters. The monoisotopic (exact) mass is 153 g/mol. The number of aliphatic imine (C=N–C) groups is 1. The lowest BCUT2D eigenvalue weighted by molar-refractivity contribution is 0.824. The predicted octanol–water partition coefficient (Wildman–Crippen LogP) is 3.07. The van der Waals surface area contributed by atoms with Gasteiger partial charge in [0, 0.05) is 12.8 Å². The average molecular weight is 153 g/mol. The zero-order chi connectivity index (χ0) is 8.69. The van der Waals surface area contributed by atoms with Crippen molar-refractivity contribution in [2.24, 2.45) is 10.9 Å². The minimum absolute atomic E-state index is 0.675. The van der Waals surface area contributed by atoms with Gasteiger partial charge in [0.05, 0.1) is 0 Å². The van der Waals surface area contributed by atoms with Crippen molar-refractivity contribution in [3.05, 3.63) is 12.2 Å². The maximum absolute atomic E-state index is 4.09. The van der Waals surface area contributed by atoms with Gasteiger partial charge in [-0.25, -0.2) is 0 Å². The maximum Gasteiger partial charge on any atom is 0.0276 e. The highest BCUT2D eigenvalue weighted by Gasteiger charge is 1.87. The Hall–Kier alpha value is -0.590. The smallest absolute Gasteiger partial charge is 0.0276 e. The van der Waals surface area contributed by atoms with Gasteiger partial charge in [0.15, 0.2) is 0 Å². The van der Waals surface area contributed by atoms with E-state index in [2.05, 4.69) is 37.9 Å². The molecule has 0 radical (unpaired) electrons. The zero-order valence-electron chi connectivity index (χ0n) is 8.09. The maximum atomic E-state index is 4.09. The quantitative estimate of drug-likeness (QED) is 0.435. The Labute approximate surface area is 70.2 Å². The standard InChI is InChI=1S/C10H19N/c1-9(2)7-5-6-8-10(3)11-4/h5,7,9H,6,8H2,1-4H3. The minimum Gasteiger partial charge on any atom is -0.298 e. The van der Waals surface area contributed by atoms with Crippen LogP contribution < -0.4 is 0 Å². The molecular weight excluding hydrogens is 134 g/mol. The summed E-state index contributed by atoms with van der Waals surface area (Å²) in [7, 11) is 1.85. The van der Waals surface area contributed by atoms with E-state index in [9.17, 15) is 0 Å². The van der Waals surface area contributed by atoms with Crippen LogP contribution in [0.25, 0.3) is 0 Å². The highest BCUT2D eigenvalue weighted by atomic mass is 14.7. The fraction of sp³-hybridized carbons (Fsp3) is 0.700. The first kappa shape index (κ1) is 10.4. The summed E-state index contributed by atoms with van der Waals surface area (Å²) in [6.45, 7) is 6.46. The van der Waals surface area contributed by atoms with Crippen LogP contribution in [0.2, 0.25) is 0 Å². The molecule has 0 aromatic carbocycles. The second kappa shape index (κ2) is 6.14. The van der Waals surface area contributed by atoms with Gasteiger partial charge in [-0.05, 0) is 25.7 Å². The molecule has 0 aliphatic heterocycles. The first-order valence-corrected chi connectivity index (χ1v) is 4.25. The van der Waals surface area contributed by atoms with Crippen molar-refractivity contribution in [2.45, 2.75) is 33.6 Å². The Bertz CT molecular complexity index is 143. The molecule has 0 aliphatic carbocycles. The number of rotatable bonds is 4. The van der Waals surface area contributed by atoms with Gasteiger partial charge in [-0.3, -0.25) is 4.99 Å². The predicted molar refractivity (Wildman–Crippen MR) is 52.2 cm³/mol. The lowest BCUT2D eigenvalue weighted by Crippen LogP contribution is -1.88. The summed E-state index contributed by atoms with van der Waals surface area (Å²) in [5, 5.41) is 0. The summed E-state index contributed by atoms with van der Waals surface area (Å²) < 4.78 is 0. The van der Waals surface area contributed by atoms with E-state index in [1.165, 1.54) is 5.71 Å². The first-order valence-electron chi connectivity index (χ1n) is 4.25. The molecule has 0 fully saturated rings. The fourth-order valence-corrected chi connectivity index (χ4v) is 0.772. The Morgan fingerprint density at radius 3 is 2.55 bits per heavy atom. The van der Waals surface area contributed by atoms with E-state index in [1.807, 2.05) is 7.05 Å². The van der Waals surface area contributed by atoms with Crippen LogP contribution in [0.1, 0.15) is 33.6 Å². The molecule has 0 amide bonds. The number of hydrogen-bond donors (Lipinski definition) is 0. The summed E-state index contributed by atoms with van der Waals surface area (Å²) in [4.78, 5) is 4.09. The summed E-state index contributed by atoms with van der Waals surface area (Å²) >= 11 is 0. The van der Waals surface area contributed by atoms with Gasteiger partial charge in [0.1, 0.15) is 0 Å². The van der Waals surface area contributed by atoms with Crippen molar-refractivity contribution in [3.63, 3.8) is 0 Å². The molecule has 1 nitrogen and oxygen atoms in total. The summed E-state index contributed by atoms with van der Waals surface area (Å²) in [6.07, 6.45) is 6.70. The molecule has 1 heteroatoms. The SMILES string of the molecule is CN=C(C)CCC=CC(C)C. The third-order valence-electron chi connectivity index (χ3n) is 1.58. The lowest BCUT2D eigenvalue weighted by atomic mass is 10.1. The van der Waals surface area contributed by atoms with E-state index >= 15 is 0 Å². The van der Waals surface area contributed by atoms with Crippen LogP contribution >= 0.6 is 0 Å². The van der Waals surface area contributed by atoms with Crippen LogP contribution in [0.3, 0.4) is 0 Å². The number of hydrogen-bond acceptors (Lipinski definition) is 1. The topological polar surface area (TPSA) is 12.4 Å². The van der Waals surface area contributed by atoms with E-state index in [0.717, 1.165) is 12.8 Å². The van der Waals surface area contributed by atoms with E-state index in [4.69, 9.17) is 0 Å². The summed E-state index contributed by atoms with van der Waals surface area (Å²) in [5.74, 6) is 0.675. The zero-order valence-corrected chi connectivity index (χ0v) is 8.09. The number of nitrogens with zero attached hydrogens (tertiary/aromatic N) is 1. The van der Waals surface area contributed by atoms with E-state index in [0.29, 0.717) is 5.92 Å². The molecule has 0 aromatic rings. The van der Waals surface area contributed by atoms with Crippen LogP contribution in [0, 0.1) is 5.92 Å². The Morgan fingerprint density at radius 1 is 1.45 bits per heavy atom. The van der Waals surface area contributed by atoms with E-state index in [-0.39, 0.29) is 0 Å². The molecule has 0 N–H and O–H groups in total. The second-order valence-electron chi connectivity index (χ2n) is 3.17. The van der Waals surface area contributed by atoms with Gasteiger partial charge in [0.2, 0.25) is 0 Å². The summed E-state index contributed by atoms with van der Waals surface area (Å²) in [6, 6.07) is 0. The molecule has 0 bridgehead atoms. The molecule has 0 aliphatic rings. The first-order chi connectivity index (χ1) is 5.16. The van der Waals surface area contributed by atoms with Gasteiger partial charge < -0.3 is 0 Å². The van der Waals surface area contributed by atoms with E-state index < -0.39 is 0 Å². The molecule has 0 saturated carbocycles.